The molecule has 0 unspecified atom stereocenters. The third-order valence-corrected chi connectivity index (χ3v) is 3.02. The summed E-state index contributed by atoms with van der Waals surface area (Å²) in [6.45, 7) is 4.54. The molecule has 84 valence electrons. The van der Waals surface area contributed by atoms with Crippen molar-refractivity contribution in [1.82, 2.24) is 5.32 Å². The number of halogens is 1. The van der Waals surface area contributed by atoms with Gasteiger partial charge < -0.3 is 10.1 Å². The van der Waals surface area contributed by atoms with E-state index in [9.17, 15) is 4.79 Å². The highest BCUT2D eigenvalue weighted by Crippen LogP contribution is 2.27. The average Bonchev–Trinajstić information content (AvgIpc) is 2.28. The summed E-state index contributed by atoms with van der Waals surface area (Å²) in [4.78, 5) is 11.3. The second-order valence-corrected chi connectivity index (χ2v) is 4.54. The second-order valence-electron chi connectivity index (χ2n) is 3.62. The maximum absolute atomic E-state index is 11.3. The Morgan fingerprint density at radius 2 is 2.44 bits per heavy atom. The van der Waals surface area contributed by atoms with Crippen LogP contribution in [0.5, 0.6) is 0 Å². The molecule has 1 N–H and O–H groups in total. The number of benzene rings is 1. The first-order valence-electron chi connectivity index (χ1n) is 4.99. The first-order valence-corrected chi connectivity index (χ1v) is 5.79. The molecular weight excluding hydrogens is 270 g/mol. The molecule has 0 saturated heterocycles. The van der Waals surface area contributed by atoms with Crippen molar-refractivity contribution in [3.8, 4) is 0 Å². The van der Waals surface area contributed by atoms with Gasteiger partial charge in [-0.05, 0) is 29.3 Å². The van der Waals surface area contributed by atoms with Crippen molar-refractivity contribution in [3.05, 3.63) is 46.5 Å². The van der Waals surface area contributed by atoms with Crippen LogP contribution in [0.4, 0.5) is 0 Å². The van der Waals surface area contributed by atoms with E-state index in [-0.39, 0.29) is 11.9 Å². The molecule has 0 radical (unpaired) electrons. The number of carbonyl (C=O) groups is 1. The minimum Gasteiger partial charge on any atom is -0.374 e. The predicted octanol–water partition coefficient (Wildman–Crippen LogP) is 2.32. The quantitative estimate of drug-likeness (QED) is 0.845. The van der Waals surface area contributed by atoms with Crippen LogP contribution in [0.1, 0.15) is 17.2 Å². The Balaban J connectivity index is 2.26. The average molecular weight is 282 g/mol. The molecular formula is C12H12BrNO2. The number of nitrogens with one attached hydrogen (secondary N) is 1. The van der Waals surface area contributed by atoms with Crippen molar-refractivity contribution in [3.63, 3.8) is 0 Å². The van der Waals surface area contributed by atoms with Gasteiger partial charge in [-0.15, -0.1) is 0 Å². The zero-order chi connectivity index (χ0) is 11.5. The van der Waals surface area contributed by atoms with Gasteiger partial charge in [0.05, 0.1) is 19.3 Å². The second kappa shape index (κ2) is 4.80. The van der Waals surface area contributed by atoms with Gasteiger partial charge in [-0.25, -0.2) is 0 Å². The van der Waals surface area contributed by atoms with Crippen molar-refractivity contribution >= 4 is 21.8 Å². The highest BCUT2D eigenvalue weighted by Gasteiger charge is 2.21. The molecule has 16 heavy (non-hydrogen) atoms. The summed E-state index contributed by atoms with van der Waals surface area (Å²) < 4.78 is 6.46. The Kier molecular flexibility index (Phi) is 3.41. The van der Waals surface area contributed by atoms with Gasteiger partial charge in [0.25, 0.3) is 0 Å². The van der Waals surface area contributed by atoms with E-state index >= 15 is 0 Å². The lowest BCUT2D eigenvalue weighted by Crippen LogP contribution is -2.33. The smallest absolute Gasteiger partial charge is 0.243 e. The fraction of sp³-hybridized carbons (Fsp3) is 0.250. The molecule has 0 aromatic heterocycles. The van der Waals surface area contributed by atoms with Crippen LogP contribution in [-0.4, -0.2) is 12.5 Å². The Morgan fingerprint density at radius 1 is 1.62 bits per heavy atom. The predicted molar refractivity (Wildman–Crippen MR) is 64.9 cm³/mol. The minimum atomic E-state index is -0.177. The molecule has 0 fully saturated rings. The van der Waals surface area contributed by atoms with Crippen LogP contribution in [0.15, 0.2) is 35.3 Å². The molecule has 1 heterocycles. The lowest BCUT2D eigenvalue weighted by atomic mass is 9.99. The van der Waals surface area contributed by atoms with Crippen molar-refractivity contribution in [2.45, 2.75) is 12.6 Å². The fourth-order valence-corrected chi connectivity index (χ4v) is 2.17. The summed E-state index contributed by atoms with van der Waals surface area (Å²) in [7, 11) is 0. The number of ether oxygens (including phenoxy) is 1. The normalized spacial score (nSPS) is 18.7. The minimum absolute atomic E-state index is 0.0812. The molecule has 1 aliphatic rings. The number of carbonyl (C=O) groups excluding carboxylic acids is 1. The monoisotopic (exact) mass is 281 g/mol. The highest BCUT2D eigenvalue weighted by atomic mass is 79.9. The first-order chi connectivity index (χ1) is 7.70. The number of amides is 1. The van der Waals surface area contributed by atoms with Gasteiger partial charge in [-0.2, -0.15) is 0 Å². The Bertz CT molecular complexity index is 431. The summed E-state index contributed by atoms with van der Waals surface area (Å²) in [6.07, 6.45) is 1.27. The van der Waals surface area contributed by atoms with Crippen LogP contribution < -0.4 is 5.32 Å². The maximum Gasteiger partial charge on any atom is 0.243 e. The molecule has 0 aliphatic carbocycles. The summed E-state index contributed by atoms with van der Waals surface area (Å²) in [5.41, 5.74) is 2.22. The topological polar surface area (TPSA) is 38.3 Å². The van der Waals surface area contributed by atoms with Crippen molar-refractivity contribution in [2.24, 2.45) is 0 Å². The van der Waals surface area contributed by atoms with Crippen LogP contribution in [0.3, 0.4) is 0 Å². The summed E-state index contributed by atoms with van der Waals surface area (Å²) >= 11 is 3.42. The Hall–Kier alpha value is -1.13. The van der Waals surface area contributed by atoms with Crippen LogP contribution >= 0.6 is 15.9 Å². The SMILES string of the molecule is C=CC(=O)N[C@H]1COCc2cc(Br)ccc21. The number of hydrogen-bond donors (Lipinski definition) is 1. The maximum atomic E-state index is 11.3. The summed E-state index contributed by atoms with van der Waals surface area (Å²) in [6, 6.07) is 5.91. The molecule has 0 saturated carbocycles. The number of rotatable bonds is 2. The van der Waals surface area contributed by atoms with Crippen molar-refractivity contribution < 1.29 is 9.53 Å². The molecule has 1 aliphatic heterocycles. The van der Waals surface area contributed by atoms with E-state index in [0.717, 1.165) is 15.6 Å². The van der Waals surface area contributed by atoms with E-state index in [1.807, 2.05) is 18.2 Å². The van der Waals surface area contributed by atoms with E-state index in [2.05, 4.69) is 27.8 Å². The molecule has 2 rings (SSSR count). The number of fused-ring (bicyclic) bond motifs is 1. The van der Waals surface area contributed by atoms with Gasteiger partial charge in [-0.1, -0.05) is 28.6 Å². The van der Waals surface area contributed by atoms with E-state index in [1.165, 1.54) is 6.08 Å². The standard InChI is InChI=1S/C12H12BrNO2/c1-2-12(15)14-11-7-16-6-8-5-9(13)3-4-10(8)11/h2-5,11H,1,6-7H2,(H,14,15)/t11-/m0/s1. The van der Waals surface area contributed by atoms with Gasteiger partial charge in [-0.3, -0.25) is 4.79 Å². The van der Waals surface area contributed by atoms with Crippen LogP contribution in [-0.2, 0) is 16.1 Å². The van der Waals surface area contributed by atoms with E-state index in [4.69, 9.17) is 4.74 Å². The molecule has 1 aromatic rings. The van der Waals surface area contributed by atoms with Gasteiger partial charge in [0.1, 0.15) is 0 Å². The zero-order valence-electron chi connectivity index (χ0n) is 8.70. The Labute approximate surface area is 103 Å². The van der Waals surface area contributed by atoms with Crippen LogP contribution in [0.25, 0.3) is 0 Å². The number of hydrogen-bond acceptors (Lipinski definition) is 2. The summed E-state index contributed by atoms with van der Waals surface area (Å²) in [5.74, 6) is -0.177. The largest absolute Gasteiger partial charge is 0.374 e. The van der Waals surface area contributed by atoms with Crippen molar-refractivity contribution in [2.75, 3.05) is 6.61 Å². The molecule has 0 spiro atoms. The molecule has 4 heteroatoms. The summed E-state index contributed by atoms with van der Waals surface area (Å²) in [5, 5.41) is 2.85. The van der Waals surface area contributed by atoms with Crippen LogP contribution in [0.2, 0.25) is 0 Å². The molecule has 3 nitrogen and oxygen atoms in total. The van der Waals surface area contributed by atoms with E-state index in [1.54, 1.807) is 0 Å². The Morgan fingerprint density at radius 3 is 3.19 bits per heavy atom. The molecule has 1 amide bonds. The van der Waals surface area contributed by atoms with Crippen LogP contribution in [0, 0.1) is 0 Å². The van der Waals surface area contributed by atoms with E-state index < -0.39 is 0 Å². The lowest BCUT2D eigenvalue weighted by molar-refractivity contribution is -0.117. The van der Waals surface area contributed by atoms with Gasteiger partial charge in [0, 0.05) is 4.47 Å². The third-order valence-electron chi connectivity index (χ3n) is 2.52. The van der Waals surface area contributed by atoms with Gasteiger partial charge in [0.2, 0.25) is 5.91 Å². The van der Waals surface area contributed by atoms with Gasteiger partial charge >= 0.3 is 0 Å². The first kappa shape index (κ1) is 11.4. The zero-order valence-corrected chi connectivity index (χ0v) is 10.3. The van der Waals surface area contributed by atoms with Gasteiger partial charge in [0.15, 0.2) is 0 Å². The highest BCUT2D eigenvalue weighted by molar-refractivity contribution is 9.10. The van der Waals surface area contributed by atoms with E-state index in [0.29, 0.717) is 13.2 Å². The fourth-order valence-electron chi connectivity index (χ4n) is 1.77. The molecule has 0 bridgehead atoms. The third kappa shape index (κ3) is 2.33. The molecule has 1 aromatic carbocycles. The molecule has 1 atom stereocenters. The van der Waals surface area contributed by atoms with Crippen molar-refractivity contribution in [1.29, 1.82) is 0 Å². The lowest BCUT2D eigenvalue weighted by Gasteiger charge is -2.26.